The summed E-state index contributed by atoms with van der Waals surface area (Å²) in [6.45, 7) is 9.63. The fourth-order valence-corrected chi connectivity index (χ4v) is 3.79. The Kier molecular flexibility index (Phi) is 5.25. The van der Waals surface area contributed by atoms with Crippen LogP contribution in [0.1, 0.15) is 38.8 Å². The molecule has 3 unspecified atom stereocenters. The maximum Gasteiger partial charge on any atom is 0.267 e. The van der Waals surface area contributed by atoms with Crippen molar-refractivity contribution in [2.24, 2.45) is 11.8 Å². The van der Waals surface area contributed by atoms with Crippen molar-refractivity contribution in [1.29, 1.82) is 0 Å². The zero-order valence-electron chi connectivity index (χ0n) is 16.0. The molecule has 0 aliphatic carbocycles. The number of carbonyl (C=O) groups is 1. The first kappa shape index (κ1) is 18.4. The summed E-state index contributed by atoms with van der Waals surface area (Å²) in [7, 11) is 0. The number of benzene rings is 1. The molecule has 1 aliphatic heterocycles. The van der Waals surface area contributed by atoms with Gasteiger partial charge in [0, 0.05) is 24.7 Å². The van der Waals surface area contributed by atoms with Crippen LogP contribution in [-0.4, -0.2) is 33.7 Å². The number of carbonyl (C=O) groups excluding carboxylic acids is 1. The Labute approximate surface area is 154 Å². The van der Waals surface area contributed by atoms with E-state index in [2.05, 4.69) is 18.9 Å². The fourth-order valence-electron chi connectivity index (χ4n) is 3.79. The van der Waals surface area contributed by atoms with Crippen LogP contribution < -0.4 is 5.56 Å². The zero-order chi connectivity index (χ0) is 18.8. The van der Waals surface area contributed by atoms with Crippen LogP contribution in [0.4, 0.5) is 0 Å². The van der Waals surface area contributed by atoms with E-state index < -0.39 is 6.04 Å². The minimum absolute atomic E-state index is 0.0287. The summed E-state index contributed by atoms with van der Waals surface area (Å²) >= 11 is 0. The second kappa shape index (κ2) is 7.44. The van der Waals surface area contributed by atoms with Gasteiger partial charge in [0.05, 0.1) is 5.69 Å². The van der Waals surface area contributed by atoms with E-state index in [1.165, 1.54) is 16.3 Å². The van der Waals surface area contributed by atoms with Crippen LogP contribution in [0.5, 0.6) is 0 Å². The Morgan fingerprint density at radius 3 is 2.31 bits per heavy atom. The molecule has 2 aromatic rings. The number of piperidine rings is 1. The van der Waals surface area contributed by atoms with Gasteiger partial charge in [-0.3, -0.25) is 9.59 Å². The summed E-state index contributed by atoms with van der Waals surface area (Å²) in [4.78, 5) is 27.2. The van der Waals surface area contributed by atoms with Crippen molar-refractivity contribution in [1.82, 2.24) is 14.7 Å². The SMILES string of the molecule is Cc1ccc(-c2ccc(=O)n(C(C)C(=O)N3CC(C)CC(C)C3)n2)cc1. The van der Waals surface area contributed by atoms with Gasteiger partial charge in [-0.2, -0.15) is 5.10 Å². The van der Waals surface area contributed by atoms with E-state index in [4.69, 9.17) is 0 Å². The molecule has 2 heterocycles. The second-order valence-electron chi connectivity index (χ2n) is 7.73. The smallest absolute Gasteiger partial charge is 0.267 e. The Morgan fingerprint density at radius 2 is 1.69 bits per heavy atom. The van der Waals surface area contributed by atoms with E-state index in [0.717, 1.165) is 25.1 Å². The second-order valence-corrected chi connectivity index (χ2v) is 7.73. The molecule has 0 saturated carbocycles. The molecule has 5 heteroatoms. The molecule has 1 amide bonds. The van der Waals surface area contributed by atoms with Crippen LogP contribution in [-0.2, 0) is 4.79 Å². The molecule has 1 aliphatic rings. The molecule has 3 rings (SSSR count). The molecule has 5 nitrogen and oxygen atoms in total. The standard InChI is InChI=1S/C21H27N3O2/c1-14-5-7-18(8-6-14)19-9-10-20(25)24(22-19)17(4)21(26)23-12-15(2)11-16(3)13-23/h5-10,15-17H,11-13H2,1-4H3. The highest BCUT2D eigenvalue weighted by Crippen LogP contribution is 2.23. The number of rotatable bonds is 3. The van der Waals surface area contributed by atoms with Crippen molar-refractivity contribution in [3.8, 4) is 11.3 Å². The van der Waals surface area contributed by atoms with Gasteiger partial charge in [0.2, 0.25) is 5.91 Å². The third-order valence-electron chi connectivity index (χ3n) is 5.08. The maximum absolute atomic E-state index is 13.0. The molecule has 3 atom stereocenters. The number of aromatic nitrogens is 2. The Bertz CT molecular complexity index is 831. The molecule has 26 heavy (non-hydrogen) atoms. The lowest BCUT2D eigenvalue weighted by atomic mass is 9.91. The topological polar surface area (TPSA) is 55.2 Å². The van der Waals surface area contributed by atoms with Crippen molar-refractivity contribution >= 4 is 5.91 Å². The largest absolute Gasteiger partial charge is 0.340 e. The van der Waals surface area contributed by atoms with Gasteiger partial charge >= 0.3 is 0 Å². The van der Waals surface area contributed by atoms with E-state index in [0.29, 0.717) is 17.5 Å². The fraction of sp³-hybridized carbons (Fsp3) is 0.476. The van der Waals surface area contributed by atoms with E-state index in [1.807, 2.05) is 36.1 Å². The third-order valence-corrected chi connectivity index (χ3v) is 5.08. The lowest BCUT2D eigenvalue weighted by Crippen LogP contribution is -2.46. The Hall–Kier alpha value is -2.43. The van der Waals surface area contributed by atoms with Gasteiger partial charge in [-0.1, -0.05) is 43.7 Å². The number of amides is 1. The Morgan fingerprint density at radius 1 is 1.08 bits per heavy atom. The molecule has 0 radical (unpaired) electrons. The minimum Gasteiger partial charge on any atom is -0.340 e. The minimum atomic E-state index is -0.606. The van der Waals surface area contributed by atoms with Gasteiger partial charge < -0.3 is 4.90 Å². The Balaban J connectivity index is 1.88. The van der Waals surface area contributed by atoms with Crippen LogP contribution in [0.15, 0.2) is 41.2 Å². The molecule has 0 N–H and O–H groups in total. The van der Waals surface area contributed by atoms with Crippen LogP contribution in [0.3, 0.4) is 0 Å². The summed E-state index contributed by atoms with van der Waals surface area (Å²) in [5, 5.41) is 4.48. The van der Waals surface area contributed by atoms with Crippen LogP contribution >= 0.6 is 0 Å². The molecule has 0 spiro atoms. The van der Waals surface area contributed by atoms with Gasteiger partial charge in [-0.25, -0.2) is 4.68 Å². The van der Waals surface area contributed by atoms with E-state index in [1.54, 1.807) is 13.0 Å². The lowest BCUT2D eigenvalue weighted by Gasteiger charge is -2.36. The van der Waals surface area contributed by atoms with Gasteiger partial charge in [0.1, 0.15) is 6.04 Å². The van der Waals surface area contributed by atoms with E-state index in [9.17, 15) is 9.59 Å². The summed E-state index contributed by atoms with van der Waals surface area (Å²) < 4.78 is 1.32. The molecule has 0 bridgehead atoms. The highest BCUT2D eigenvalue weighted by atomic mass is 16.2. The predicted molar refractivity (Wildman–Crippen MR) is 103 cm³/mol. The van der Waals surface area contributed by atoms with E-state index in [-0.39, 0.29) is 11.5 Å². The summed E-state index contributed by atoms with van der Waals surface area (Å²) in [6, 6.07) is 10.6. The van der Waals surface area contributed by atoms with Crippen molar-refractivity contribution in [3.63, 3.8) is 0 Å². The highest BCUT2D eigenvalue weighted by molar-refractivity contribution is 5.80. The van der Waals surface area contributed by atoms with Crippen LogP contribution in [0.25, 0.3) is 11.3 Å². The van der Waals surface area contributed by atoms with Crippen molar-refractivity contribution < 1.29 is 4.79 Å². The summed E-state index contributed by atoms with van der Waals surface area (Å²) in [6.07, 6.45) is 1.14. The van der Waals surface area contributed by atoms with Crippen LogP contribution in [0, 0.1) is 18.8 Å². The number of aryl methyl sites for hydroxylation is 1. The lowest BCUT2D eigenvalue weighted by molar-refractivity contribution is -0.137. The van der Waals surface area contributed by atoms with E-state index >= 15 is 0 Å². The molecule has 1 aromatic carbocycles. The molecular formula is C21H27N3O2. The highest BCUT2D eigenvalue weighted by Gasteiger charge is 2.29. The normalized spacial score (nSPS) is 21.5. The molecule has 1 saturated heterocycles. The monoisotopic (exact) mass is 353 g/mol. The van der Waals surface area contributed by atoms with Gasteiger partial charge in [-0.05, 0) is 38.2 Å². The predicted octanol–water partition coefficient (Wildman–Crippen LogP) is 3.28. The first-order chi connectivity index (χ1) is 12.3. The molecule has 1 fully saturated rings. The summed E-state index contributed by atoms with van der Waals surface area (Å²) in [5.41, 5.74) is 2.55. The quantitative estimate of drug-likeness (QED) is 0.851. The zero-order valence-corrected chi connectivity index (χ0v) is 16.0. The molecule has 138 valence electrons. The molecular weight excluding hydrogens is 326 g/mol. The average molecular weight is 353 g/mol. The number of likely N-dealkylation sites (tertiary alicyclic amines) is 1. The summed E-state index contributed by atoms with van der Waals surface area (Å²) in [5.74, 6) is 0.941. The number of nitrogens with zero attached hydrogens (tertiary/aromatic N) is 3. The first-order valence-corrected chi connectivity index (χ1v) is 9.31. The first-order valence-electron chi connectivity index (χ1n) is 9.31. The van der Waals surface area contributed by atoms with Gasteiger partial charge in [0.15, 0.2) is 0 Å². The maximum atomic E-state index is 13.0. The van der Waals surface area contributed by atoms with Gasteiger partial charge in [-0.15, -0.1) is 0 Å². The number of hydrogen-bond donors (Lipinski definition) is 0. The van der Waals surface area contributed by atoms with Crippen LogP contribution in [0.2, 0.25) is 0 Å². The third kappa shape index (κ3) is 3.87. The van der Waals surface area contributed by atoms with Crippen molar-refractivity contribution in [3.05, 3.63) is 52.3 Å². The number of hydrogen-bond acceptors (Lipinski definition) is 3. The van der Waals surface area contributed by atoms with Crippen molar-refractivity contribution in [2.45, 2.75) is 40.2 Å². The van der Waals surface area contributed by atoms with Crippen molar-refractivity contribution in [2.75, 3.05) is 13.1 Å². The average Bonchev–Trinajstić information content (AvgIpc) is 2.61. The molecule has 1 aromatic heterocycles. The van der Waals surface area contributed by atoms with Gasteiger partial charge in [0.25, 0.3) is 5.56 Å².